The minimum Gasteiger partial charge on any atom is -0.343 e. The summed E-state index contributed by atoms with van der Waals surface area (Å²) >= 11 is 0. The van der Waals surface area contributed by atoms with Gasteiger partial charge < -0.3 is 10.3 Å². The first-order valence-electron chi connectivity index (χ1n) is 5.94. The molecule has 88 valence electrons. The quantitative estimate of drug-likeness (QED) is 0.824. The van der Waals surface area contributed by atoms with E-state index in [-0.39, 0.29) is 0 Å². The zero-order valence-electron chi connectivity index (χ0n) is 9.56. The van der Waals surface area contributed by atoms with Gasteiger partial charge in [0.15, 0.2) is 5.82 Å². The average Bonchev–Trinajstić information content (AvgIpc) is 3.01. The van der Waals surface area contributed by atoms with Crippen LogP contribution in [-0.2, 0) is 6.42 Å². The second-order valence-electron chi connectivity index (χ2n) is 4.35. The fourth-order valence-electron chi connectivity index (χ4n) is 2.27. The van der Waals surface area contributed by atoms with Crippen LogP contribution in [0.1, 0.15) is 12.1 Å². The number of hydrogen-bond donors (Lipinski definition) is 2. The molecule has 1 fully saturated rings. The standard InChI is InChI=1S/C12H15N5/c1-2-13-8-9(1)7-10-11(15-4-3-14-10)12-16-5-6-17-12/h3-6,9,13H,1-2,7-8H2,(H,16,17). The van der Waals surface area contributed by atoms with Crippen LogP contribution >= 0.6 is 0 Å². The van der Waals surface area contributed by atoms with Gasteiger partial charge in [0.05, 0.1) is 5.69 Å². The Hall–Kier alpha value is -1.75. The van der Waals surface area contributed by atoms with E-state index in [0.717, 1.165) is 36.7 Å². The van der Waals surface area contributed by atoms with Gasteiger partial charge in [0, 0.05) is 24.8 Å². The van der Waals surface area contributed by atoms with Crippen LogP contribution < -0.4 is 5.32 Å². The minimum atomic E-state index is 0.667. The van der Waals surface area contributed by atoms with Gasteiger partial charge in [-0.1, -0.05) is 0 Å². The molecule has 1 unspecified atom stereocenters. The van der Waals surface area contributed by atoms with E-state index in [1.54, 1.807) is 18.6 Å². The van der Waals surface area contributed by atoms with Crippen LogP contribution in [0.4, 0.5) is 0 Å². The molecule has 0 aliphatic carbocycles. The van der Waals surface area contributed by atoms with Crippen molar-refractivity contribution in [3.8, 4) is 11.5 Å². The fraction of sp³-hybridized carbons (Fsp3) is 0.417. The van der Waals surface area contributed by atoms with E-state index in [0.29, 0.717) is 5.92 Å². The summed E-state index contributed by atoms with van der Waals surface area (Å²) in [4.78, 5) is 16.2. The maximum absolute atomic E-state index is 4.45. The van der Waals surface area contributed by atoms with Crippen molar-refractivity contribution < 1.29 is 0 Å². The van der Waals surface area contributed by atoms with Gasteiger partial charge in [-0.3, -0.25) is 4.98 Å². The molecule has 2 aromatic heterocycles. The Morgan fingerprint density at radius 3 is 2.88 bits per heavy atom. The van der Waals surface area contributed by atoms with Crippen molar-refractivity contribution >= 4 is 0 Å². The Morgan fingerprint density at radius 1 is 1.18 bits per heavy atom. The number of imidazole rings is 1. The van der Waals surface area contributed by atoms with E-state index >= 15 is 0 Å². The third kappa shape index (κ3) is 2.19. The first-order valence-corrected chi connectivity index (χ1v) is 5.94. The molecule has 5 heteroatoms. The molecule has 0 radical (unpaired) electrons. The van der Waals surface area contributed by atoms with Gasteiger partial charge in [-0.05, 0) is 31.8 Å². The molecule has 0 spiro atoms. The molecule has 17 heavy (non-hydrogen) atoms. The molecule has 0 saturated carbocycles. The van der Waals surface area contributed by atoms with Gasteiger partial charge in [0.1, 0.15) is 5.69 Å². The summed E-state index contributed by atoms with van der Waals surface area (Å²) < 4.78 is 0. The van der Waals surface area contributed by atoms with Gasteiger partial charge in [-0.25, -0.2) is 9.97 Å². The zero-order chi connectivity index (χ0) is 11.5. The molecule has 1 saturated heterocycles. The molecule has 5 nitrogen and oxygen atoms in total. The lowest BCUT2D eigenvalue weighted by Crippen LogP contribution is -2.12. The first-order chi connectivity index (χ1) is 8.43. The SMILES string of the molecule is c1c[nH]c(-c2nccnc2CC2CCNC2)n1. The lowest BCUT2D eigenvalue weighted by molar-refractivity contribution is 0.571. The van der Waals surface area contributed by atoms with Crippen molar-refractivity contribution in [3.05, 3.63) is 30.5 Å². The predicted octanol–water partition coefficient (Wildman–Crippen LogP) is 1.02. The van der Waals surface area contributed by atoms with E-state index < -0.39 is 0 Å². The van der Waals surface area contributed by atoms with Crippen molar-refractivity contribution in [3.63, 3.8) is 0 Å². The van der Waals surface area contributed by atoms with Crippen molar-refractivity contribution in [1.29, 1.82) is 0 Å². The van der Waals surface area contributed by atoms with Crippen LogP contribution in [0.15, 0.2) is 24.8 Å². The average molecular weight is 229 g/mol. The topological polar surface area (TPSA) is 66.5 Å². The highest BCUT2D eigenvalue weighted by atomic mass is 14.9. The molecule has 1 aliphatic heterocycles. The van der Waals surface area contributed by atoms with E-state index in [1.807, 2.05) is 6.20 Å². The van der Waals surface area contributed by atoms with Crippen LogP contribution in [0.2, 0.25) is 0 Å². The van der Waals surface area contributed by atoms with Gasteiger partial charge in [0.25, 0.3) is 0 Å². The van der Waals surface area contributed by atoms with Gasteiger partial charge in [0.2, 0.25) is 0 Å². The van der Waals surface area contributed by atoms with Crippen LogP contribution in [0.5, 0.6) is 0 Å². The number of nitrogens with one attached hydrogen (secondary N) is 2. The maximum atomic E-state index is 4.45. The van der Waals surface area contributed by atoms with E-state index in [2.05, 4.69) is 25.3 Å². The van der Waals surface area contributed by atoms with Crippen molar-refractivity contribution in [2.75, 3.05) is 13.1 Å². The first kappa shape index (κ1) is 10.4. The number of aromatic amines is 1. The summed E-state index contributed by atoms with van der Waals surface area (Å²) in [6.07, 6.45) is 9.21. The van der Waals surface area contributed by atoms with E-state index in [4.69, 9.17) is 0 Å². The van der Waals surface area contributed by atoms with Gasteiger partial charge in [-0.15, -0.1) is 0 Å². The van der Waals surface area contributed by atoms with Crippen molar-refractivity contribution in [1.82, 2.24) is 25.3 Å². The van der Waals surface area contributed by atoms with Gasteiger partial charge >= 0.3 is 0 Å². The molecule has 2 N–H and O–H groups in total. The molecule has 2 aromatic rings. The lowest BCUT2D eigenvalue weighted by atomic mass is 10.0. The molecule has 3 heterocycles. The Balaban J connectivity index is 1.88. The molecule has 0 bridgehead atoms. The Morgan fingerprint density at radius 2 is 2.12 bits per heavy atom. The maximum Gasteiger partial charge on any atom is 0.157 e. The van der Waals surface area contributed by atoms with Crippen LogP contribution in [-0.4, -0.2) is 33.0 Å². The Kier molecular flexibility index (Phi) is 2.83. The highest BCUT2D eigenvalue weighted by Gasteiger charge is 2.18. The van der Waals surface area contributed by atoms with Crippen LogP contribution in [0.3, 0.4) is 0 Å². The fourth-order valence-corrected chi connectivity index (χ4v) is 2.27. The molecular formula is C12H15N5. The van der Waals surface area contributed by atoms with Crippen LogP contribution in [0.25, 0.3) is 11.5 Å². The summed E-state index contributed by atoms with van der Waals surface area (Å²) in [5, 5.41) is 3.38. The summed E-state index contributed by atoms with van der Waals surface area (Å²) in [5.41, 5.74) is 1.92. The van der Waals surface area contributed by atoms with E-state index in [9.17, 15) is 0 Å². The zero-order valence-corrected chi connectivity index (χ0v) is 9.56. The Bertz CT molecular complexity index is 473. The molecule has 3 rings (SSSR count). The highest BCUT2D eigenvalue weighted by molar-refractivity contribution is 5.51. The molecule has 1 aliphatic rings. The number of aromatic nitrogens is 4. The molecular weight excluding hydrogens is 214 g/mol. The third-order valence-corrected chi connectivity index (χ3v) is 3.14. The summed E-state index contributed by atoms with van der Waals surface area (Å²) in [7, 11) is 0. The predicted molar refractivity (Wildman–Crippen MR) is 64.3 cm³/mol. The minimum absolute atomic E-state index is 0.667. The summed E-state index contributed by atoms with van der Waals surface area (Å²) in [6.45, 7) is 2.19. The second kappa shape index (κ2) is 4.63. The number of H-pyrrole nitrogens is 1. The van der Waals surface area contributed by atoms with Crippen molar-refractivity contribution in [2.45, 2.75) is 12.8 Å². The third-order valence-electron chi connectivity index (χ3n) is 3.14. The monoisotopic (exact) mass is 229 g/mol. The Labute approximate surface area is 99.7 Å². The van der Waals surface area contributed by atoms with Gasteiger partial charge in [-0.2, -0.15) is 0 Å². The summed E-state index contributed by atoms with van der Waals surface area (Å²) in [6, 6.07) is 0. The second-order valence-corrected chi connectivity index (χ2v) is 4.35. The largest absolute Gasteiger partial charge is 0.343 e. The summed E-state index contributed by atoms with van der Waals surface area (Å²) in [5.74, 6) is 1.47. The molecule has 0 aromatic carbocycles. The smallest absolute Gasteiger partial charge is 0.157 e. The number of hydrogen-bond acceptors (Lipinski definition) is 4. The van der Waals surface area contributed by atoms with Crippen LogP contribution in [0, 0.1) is 5.92 Å². The van der Waals surface area contributed by atoms with Crippen molar-refractivity contribution in [2.24, 2.45) is 5.92 Å². The number of nitrogens with zero attached hydrogens (tertiary/aromatic N) is 3. The number of rotatable bonds is 3. The highest BCUT2D eigenvalue weighted by Crippen LogP contribution is 2.20. The van der Waals surface area contributed by atoms with E-state index in [1.165, 1.54) is 6.42 Å². The molecule has 0 amide bonds. The lowest BCUT2D eigenvalue weighted by Gasteiger charge is -2.09. The normalized spacial score (nSPS) is 19.6. The molecule has 1 atom stereocenters.